The molecule has 3 unspecified atom stereocenters. The highest BCUT2D eigenvalue weighted by Crippen LogP contribution is 2.52. The van der Waals surface area contributed by atoms with E-state index in [1.165, 1.54) is 44.9 Å². The number of aliphatic imine (C=N–C) groups is 1. The summed E-state index contributed by atoms with van der Waals surface area (Å²) in [5.74, 6) is 1.60. The minimum Gasteiger partial charge on any atom is -0.378 e. The number of guanidine groups is 1. The fourth-order valence-electron chi connectivity index (χ4n) is 5.15. The SMILES string of the molecule is CCNC(=NCCCCOC1CCCCCC1)NC1C2CCOC2C1(C)C. The summed E-state index contributed by atoms with van der Waals surface area (Å²) in [6.45, 7) is 10.3. The first-order chi connectivity index (χ1) is 13.1. The molecule has 2 aliphatic carbocycles. The van der Waals surface area contributed by atoms with E-state index in [0.29, 0.717) is 24.2 Å². The lowest BCUT2D eigenvalue weighted by molar-refractivity contribution is -0.106. The molecule has 156 valence electrons. The van der Waals surface area contributed by atoms with Gasteiger partial charge >= 0.3 is 0 Å². The van der Waals surface area contributed by atoms with Gasteiger partial charge in [0, 0.05) is 43.7 Å². The Hall–Kier alpha value is -0.810. The Labute approximate surface area is 166 Å². The smallest absolute Gasteiger partial charge is 0.191 e. The third-order valence-electron chi connectivity index (χ3n) is 6.72. The molecule has 0 bridgehead atoms. The van der Waals surface area contributed by atoms with Crippen molar-refractivity contribution >= 4 is 5.96 Å². The van der Waals surface area contributed by atoms with Crippen LogP contribution in [-0.4, -0.2) is 50.5 Å². The molecule has 3 rings (SSSR count). The molecule has 1 heterocycles. The Kier molecular flexibility index (Phi) is 7.83. The van der Waals surface area contributed by atoms with Gasteiger partial charge in [-0.25, -0.2) is 0 Å². The zero-order valence-electron chi connectivity index (χ0n) is 17.8. The molecule has 5 heteroatoms. The van der Waals surface area contributed by atoms with E-state index >= 15 is 0 Å². The standard InChI is InChI=1S/C22H41N3O2/c1-4-23-21(25-19-18-13-16-27-20(18)22(19,2)3)24-14-9-10-15-26-17-11-7-5-6-8-12-17/h17-20H,4-16H2,1-3H3,(H2,23,24,25). The van der Waals surface area contributed by atoms with Gasteiger partial charge in [0.15, 0.2) is 5.96 Å². The summed E-state index contributed by atoms with van der Waals surface area (Å²) in [6.07, 6.45) is 12.3. The molecule has 3 atom stereocenters. The summed E-state index contributed by atoms with van der Waals surface area (Å²) < 4.78 is 12.0. The van der Waals surface area contributed by atoms with Crippen molar-refractivity contribution in [3.05, 3.63) is 0 Å². The monoisotopic (exact) mass is 379 g/mol. The lowest BCUT2D eigenvalue weighted by atomic mass is 9.57. The molecule has 0 aromatic carbocycles. The Morgan fingerprint density at radius 2 is 1.89 bits per heavy atom. The Morgan fingerprint density at radius 1 is 1.11 bits per heavy atom. The fourth-order valence-corrected chi connectivity index (χ4v) is 5.15. The van der Waals surface area contributed by atoms with E-state index < -0.39 is 0 Å². The second kappa shape index (κ2) is 10.1. The summed E-state index contributed by atoms with van der Waals surface area (Å²) >= 11 is 0. The van der Waals surface area contributed by atoms with Crippen LogP contribution in [0, 0.1) is 11.3 Å². The van der Waals surface area contributed by atoms with Crippen molar-refractivity contribution in [2.75, 3.05) is 26.3 Å². The van der Waals surface area contributed by atoms with Gasteiger partial charge in [0.25, 0.3) is 0 Å². The minimum absolute atomic E-state index is 0.184. The molecule has 5 nitrogen and oxygen atoms in total. The first-order valence-corrected chi connectivity index (χ1v) is 11.4. The van der Waals surface area contributed by atoms with Crippen LogP contribution in [0.5, 0.6) is 0 Å². The first kappa shape index (κ1) is 20.9. The highest BCUT2D eigenvalue weighted by Gasteiger charge is 2.59. The van der Waals surface area contributed by atoms with Crippen molar-refractivity contribution in [1.82, 2.24) is 10.6 Å². The first-order valence-electron chi connectivity index (χ1n) is 11.4. The van der Waals surface area contributed by atoms with Gasteiger partial charge < -0.3 is 20.1 Å². The molecule has 1 aliphatic heterocycles. The maximum Gasteiger partial charge on any atom is 0.191 e. The van der Waals surface area contributed by atoms with Gasteiger partial charge in [-0.2, -0.15) is 0 Å². The molecular formula is C22H41N3O2. The van der Waals surface area contributed by atoms with Crippen LogP contribution in [0.25, 0.3) is 0 Å². The number of ether oxygens (including phenoxy) is 2. The van der Waals surface area contributed by atoms with E-state index in [0.717, 1.165) is 45.1 Å². The summed E-state index contributed by atoms with van der Waals surface area (Å²) in [6, 6.07) is 0.460. The lowest BCUT2D eigenvalue weighted by Gasteiger charge is -2.54. The average Bonchev–Trinajstić information content (AvgIpc) is 2.96. The molecule has 2 N–H and O–H groups in total. The number of fused-ring (bicyclic) bond motifs is 1. The molecule has 3 aliphatic rings. The van der Waals surface area contributed by atoms with Crippen molar-refractivity contribution < 1.29 is 9.47 Å². The molecule has 0 aromatic heterocycles. The zero-order valence-corrected chi connectivity index (χ0v) is 17.8. The van der Waals surface area contributed by atoms with Crippen LogP contribution in [0.3, 0.4) is 0 Å². The minimum atomic E-state index is 0.184. The Balaban J connectivity index is 1.36. The number of rotatable bonds is 8. The van der Waals surface area contributed by atoms with Crippen molar-refractivity contribution in [3.63, 3.8) is 0 Å². The Morgan fingerprint density at radius 3 is 2.63 bits per heavy atom. The van der Waals surface area contributed by atoms with Crippen LogP contribution in [0.2, 0.25) is 0 Å². The van der Waals surface area contributed by atoms with E-state index in [1.807, 2.05) is 0 Å². The molecule has 3 fully saturated rings. The van der Waals surface area contributed by atoms with Gasteiger partial charge in [0.1, 0.15) is 0 Å². The van der Waals surface area contributed by atoms with Crippen molar-refractivity contribution in [3.8, 4) is 0 Å². The Bertz CT molecular complexity index is 472. The van der Waals surface area contributed by atoms with Crippen molar-refractivity contribution in [2.24, 2.45) is 16.3 Å². The lowest BCUT2D eigenvalue weighted by Crippen LogP contribution is -2.67. The topological polar surface area (TPSA) is 54.9 Å². The van der Waals surface area contributed by atoms with Crippen LogP contribution in [0.1, 0.15) is 78.6 Å². The summed E-state index contributed by atoms with van der Waals surface area (Å²) in [7, 11) is 0. The predicted molar refractivity (Wildman–Crippen MR) is 111 cm³/mol. The normalized spacial score (nSPS) is 31.1. The summed E-state index contributed by atoms with van der Waals surface area (Å²) in [4.78, 5) is 4.81. The van der Waals surface area contributed by atoms with Gasteiger partial charge in [0.05, 0.1) is 12.2 Å². The maximum atomic E-state index is 6.09. The summed E-state index contributed by atoms with van der Waals surface area (Å²) in [5.41, 5.74) is 0.184. The highest BCUT2D eigenvalue weighted by molar-refractivity contribution is 5.80. The van der Waals surface area contributed by atoms with Crippen LogP contribution in [0.4, 0.5) is 0 Å². The second-order valence-electron chi connectivity index (χ2n) is 9.14. The van der Waals surface area contributed by atoms with Gasteiger partial charge in [-0.05, 0) is 39.0 Å². The third kappa shape index (κ3) is 5.38. The van der Waals surface area contributed by atoms with Crippen LogP contribution in [-0.2, 0) is 9.47 Å². The number of unbranched alkanes of at least 4 members (excludes halogenated alkanes) is 1. The fraction of sp³-hybridized carbons (Fsp3) is 0.955. The predicted octanol–water partition coefficient (Wildman–Crippen LogP) is 3.87. The summed E-state index contributed by atoms with van der Waals surface area (Å²) in [5, 5.41) is 7.11. The molecule has 0 aromatic rings. The quantitative estimate of drug-likeness (QED) is 0.291. The maximum absolute atomic E-state index is 6.09. The third-order valence-corrected chi connectivity index (χ3v) is 6.72. The number of nitrogens with one attached hydrogen (secondary N) is 2. The largest absolute Gasteiger partial charge is 0.378 e. The van der Waals surface area contributed by atoms with Gasteiger partial charge in [-0.15, -0.1) is 0 Å². The highest BCUT2D eigenvalue weighted by atomic mass is 16.5. The molecule has 0 spiro atoms. The van der Waals surface area contributed by atoms with Crippen LogP contribution >= 0.6 is 0 Å². The molecule has 0 radical (unpaired) electrons. The van der Waals surface area contributed by atoms with E-state index in [-0.39, 0.29) is 5.41 Å². The van der Waals surface area contributed by atoms with E-state index in [9.17, 15) is 0 Å². The van der Waals surface area contributed by atoms with E-state index in [2.05, 4.69) is 31.4 Å². The molecule has 2 saturated carbocycles. The average molecular weight is 380 g/mol. The van der Waals surface area contributed by atoms with Gasteiger partial charge in [0.2, 0.25) is 0 Å². The molecule has 1 saturated heterocycles. The number of hydrogen-bond acceptors (Lipinski definition) is 3. The number of nitrogens with zero attached hydrogens (tertiary/aromatic N) is 1. The van der Waals surface area contributed by atoms with E-state index in [4.69, 9.17) is 14.5 Å². The zero-order chi connectivity index (χ0) is 19.1. The molecular weight excluding hydrogens is 338 g/mol. The number of hydrogen-bond donors (Lipinski definition) is 2. The van der Waals surface area contributed by atoms with Gasteiger partial charge in [-0.1, -0.05) is 39.5 Å². The van der Waals surface area contributed by atoms with Crippen molar-refractivity contribution in [1.29, 1.82) is 0 Å². The van der Waals surface area contributed by atoms with Crippen LogP contribution in [0.15, 0.2) is 4.99 Å². The molecule has 27 heavy (non-hydrogen) atoms. The second-order valence-corrected chi connectivity index (χ2v) is 9.14. The van der Waals surface area contributed by atoms with Crippen LogP contribution < -0.4 is 10.6 Å². The molecule has 0 amide bonds. The van der Waals surface area contributed by atoms with Gasteiger partial charge in [-0.3, -0.25) is 4.99 Å². The van der Waals surface area contributed by atoms with Crippen molar-refractivity contribution in [2.45, 2.75) is 96.8 Å². The van der Waals surface area contributed by atoms with E-state index in [1.54, 1.807) is 0 Å².